The van der Waals surface area contributed by atoms with Gasteiger partial charge in [-0.05, 0) is 70.9 Å². The normalized spacial score (nSPS) is 13.2. The molecule has 0 aliphatic heterocycles. The minimum atomic E-state index is -0.798. The predicted octanol–water partition coefficient (Wildman–Crippen LogP) is 5.44. The van der Waals surface area contributed by atoms with Crippen molar-refractivity contribution in [3.8, 4) is 0 Å². The topological polar surface area (TPSA) is 87.7 Å². The van der Waals surface area contributed by atoms with E-state index in [0.717, 1.165) is 29.5 Å². The molecular formula is C28H47N3O4. The maximum atomic E-state index is 14.0. The number of rotatable bonds is 12. The molecule has 3 amide bonds. The summed E-state index contributed by atoms with van der Waals surface area (Å²) in [4.78, 5) is 41.7. The highest BCUT2D eigenvalue weighted by Gasteiger charge is 2.36. The van der Waals surface area contributed by atoms with Crippen molar-refractivity contribution in [2.24, 2.45) is 5.92 Å². The van der Waals surface area contributed by atoms with E-state index in [2.05, 4.69) is 17.6 Å². The van der Waals surface area contributed by atoms with E-state index in [4.69, 9.17) is 4.74 Å². The molecule has 0 saturated heterocycles. The molecule has 7 heteroatoms. The molecule has 1 aromatic rings. The molecule has 0 aliphatic rings. The lowest BCUT2D eigenvalue weighted by atomic mass is 9.95. The average Bonchev–Trinajstić information content (AvgIpc) is 2.72. The Morgan fingerprint density at radius 3 is 2.23 bits per heavy atom. The molecule has 1 aromatic carbocycles. The number of alkyl carbamates (subject to hydrolysis) is 1. The summed E-state index contributed by atoms with van der Waals surface area (Å²) in [6.07, 6.45) is 2.31. The Labute approximate surface area is 212 Å². The van der Waals surface area contributed by atoms with Gasteiger partial charge in [-0.15, -0.1) is 0 Å². The molecule has 2 unspecified atom stereocenters. The van der Waals surface area contributed by atoms with E-state index in [9.17, 15) is 14.4 Å². The number of nitrogens with one attached hydrogen (secondary N) is 2. The van der Waals surface area contributed by atoms with E-state index in [1.54, 1.807) is 25.7 Å². The zero-order valence-corrected chi connectivity index (χ0v) is 23.3. The molecule has 0 spiro atoms. The van der Waals surface area contributed by atoms with Crippen LogP contribution >= 0.6 is 0 Å². The Kier molecular flexibility index (Phi) is 12.3. The van der Waals surface area contributed by atoms with Crippen LogP contribution < -0.4 is 10.6 Å². The number of nitrogens with zero attached hydrogens (tertiary/aromatic N) is 1. The van der Waals surface area contributed by atoms with Crippen LogP contribution in [0.4, 0.5) is 4.79 Å². The zero-order chi connectivity index (χ0) is 26.8. The lowest BCUT2D eigenvalue weighted by molar-refractivity contribution is -0.142. The van der Waals surface area contributed by atoms with Crippen LogP contribution in [-0.4, -0.2) is 47.5 Å². The summed E-state index contributed by atoms with van der Waals surface area (Å²) in [5.74, 6) is -0.324. The summed E-state index contributed by atoms with van der Waals surface area (Å²) in [5, 5.41) is 5.81. The van der Waals surface area contributed by atoms with E-state index < -0.39 is 23.8 Å². The van der Waals surface area contributed by atoms with Gasteiger partial charge >= 0.3 is 6.09 Å². The molecule has 7 nitrogen and oxygen atoms in total. The number of amides is 3. The van der Waals surface area contributed by atoms with E-state index in [0.29, 0.717) is 25.9 Å². The molecule has 198 valence electrons. The molecule has 2 atom stereocenters. The highest BCUT2D eigenvalue weighted by Crippen LogP contribution is 2.27. The first-order chi connectivity index (χ1) is 16.3. The molecule has 0 aromatic heterocycles. The van der Waals surface area contributed by atoms with Crippen molar-refractivity contribution >= 4 is 17.9 Å². The Morgan fingerprint density at radius 2 is 1.71 bits per heavy atom. The molecule has 1 rings (SSSR count). The predicted molar refractivity (Wildman–Crippen MR) is 141 cm³/mol. The molecule has 2 N–H and O–H groups in total. The van der Waals surface area contributed by atoms with Crippen molar-refractivity contribution in [2.75, 3.05) is 13.1 Å². The number of hydrogen-bond donors (Lipinski definition) is 2. The first-order valence-electron chi connectivity index (χ1n) is 13.0. The van der Waals surface area contributed by atoms with Gasteiger partial charge in [0.15, 0.2) is 0 Å². The van der Waals surface area contributed by atoms with Crippen LogP contribution in [0.5, 0.6) is 0 Å². The fourth-order valence-corrected chi connectivity index (χ4v) is 4.02. The summed E-state index contributed by atoms with van der Waals surface area (Å²) in [5.41, 5.74) is 2.16. The third-order valence-electron chi connectivity index (χ3n) is 5.55. The Hall–Kier alpha value is -2.57. The van der Waals surface area contributed by atoms with E-state index >= 15 is 0 Å². The fourth-order valence-electron chi connectivity index (χ4n) is 4.02. The smallest absolute Gasteiger partial charge is 0.408 e. The number of carbonyl (C=O) groups excluding carboxylic acids is 3. The number of ether oxygens (including phenoxy) is 1. The standard InChI is InChI=1S/C28H47N3O4/c1-10-12-15-29-25(32)24(22-14-13-20(5)18-21(22)6)31(16-11-2)26(33)23(17-19(3)4)30-27(34)35-28(7,8)9/h13-14,18-19,23-24H,10-12,15-17H2,1-9H3,(H,29,32)(H,30,34). The van der Waals surface area contributed by atoms with Crippen LogP contribution in [0.15, 0.2) is 18.2 Å². The van der Waals surface area contributed by atoms with Gasteiger partial charge in [-0.25, -0.2) is 4.79 Å². The lowest BCUT2D eigenvalue weighted by Crippen LogP contribution is -2.53. The van der Waals surface area contributed by atoms with Crippen molar-refractivity contribution in [3.63, 3.8) is 0 Å². The molecule has 0 radical (unpaired) electrons. The van der Waals surface area contributed by atoms with E-state index in [-0.39, 0.29) is 17.7 Å². The minimum Gasteiger partial charge on any atom is -0.444 e. The third kappa shape index (κ3) is 10.3. The van der Waals surface area contributed by atoms with Crippen LogP contribution in [0, 0.1) is 19.8 Å². The highest BCUT2D eigenvalue weighted by atomic mass is 16.6. The second kappa shape index (κ2) is 14.1. The maximum absolute atomic E-state index is 14.0. The summed E-state index contributed by atoms with van der Waals surface area (Å²) >= 11 is 0. The fraction of sp³-hybridized carbons (Fsp3) is 0.679. The summed E-state index contributed by atoms with van der Waals surface area (Å²) in [7, 11) is 0. The molecule has 0 aliphatic carbocycles. The van der Waals surface area contributed by atoms with Crippen LogP contribution in [0.1, 0.15) is 96.9 Å². The summed E-state index contributed by atoms with van der Waals surface area (Å²) in [6, 6.07) is 4.35. The van der Waals surface area contributed by atoms with Crippen molar-refractivity contribution in [1.29, 1.82) is 0 Å². The van der Waals surface area contributed by atoms with Gasteiger partial charge in [-0.1, -0.05) is 57.9 Å². The van der Waals surface area contributed by atoms with E-state index in [1.807, 2.05) is 52.8 Å². The van der Waals surface area contributed by atoms with Crippen LogP contribution in [0.3, 0.4) is 0 Å². The number of aryl methyl sites for hydroxylation is 2. The maximum Gasteiger partial charge on any atom is 0.408 e. The Bertz CT molecular complexity index is 845. The van der Waals surface area contributed by atoms with Crippen LogP contribution in [-0.2, 0) is 14.3 Å². The van der Waals surface area contributed by atoms with Crippen LogP contribution in [0.25, 0.3) is 0 Å². The van der Waals surface area contributed by atoms with Gasteiger partial charge in [0.25, 0.3) is 0 Å². The monoisotopic (exact) mass is 489 g/mol. The molecule has 0 saturated carbocycles. The van der Waals surface area contributed by atoms with Crippen molar-refractivity contribution in [1.82, 2.24) is 15.5 Å². The van der Waals surface area contributed by atoms with Crippen molar-refractivity contribution in [3.05, 3.63) is 34.9 Å². The van der Waals surface area contributed by atoms with Gasteiger partial charge in [0.2, 0.25) is 11.8 Å². The SMILES string of the molecule is CCCCNC(=O)C(c1ccc(C)cc1C)N(CCC)C(=O)C(CC(C)C)NC(=O)OC(C)(C)C. The molecular weight excluding hydrogens is 442 g/mol. The minimum absolute atomic E-state index is 0.153. The van der Waals surface area contributed by atoms with Gasteiger partial charge in [0, 0.05) is 13.1 Å². The quantitative estimate of drug-likeness (QED) is 0.383. The Morgan fingerprint density at radius 1 is 1.06 bits per heavy atom. The molecule has 0 fully saturated rings. The third-order valence-corrected chi connectivity index (χ3v) is 5.55. The summed E-state index contributed by atoms with van der Waals surface area (Å²) in [6.45, 7) is 18.3. The molecule has 35 heavy (non-hydrogen) atoms. The number of hydrogen-bond acceptors (Lipinski definition) is 4. The van der Waals surface area contributed by atoms with Crippen molar-refractivity contribution in [2.45, 2.75) is 106 Å². The average molecular weight is 490 g/mol. The zero-order valence-electron chi connectivity index (χ0n) is 23.3. The summed E-state index contributed by atoms with van der Waals surface area (Å²) < 4.78 is 5.43. The second-order valence-electron chi connectivity index (χ2n) is 10.8. The van der Waals surface area contributed by atoms with Crippen LogP contribution in [0.2, 0.25) is 0 Å². The lowest BCUT2D eigenvalue weighted by Gasteiger charge is -2.35. The first-order valence-corrected chi connectivity index (χ1v) is 13.0. The van der Waals surface area contributed by atoms with Gasteiger partial charge in [0.1, 0.15) is 17.7 Å². The first kappa shape index (κ1) is 30.5. The number of unbranched alkanes of at least 4 members (excludes halogenated alkanes) is 1. The number of benzene rings is 1. The van der Waals surface area contributed by atoms with Gasteiger partial charge in [0.05, 0.1) is 0 Å². The Balaban J connectivity index is 3.44. The second-order valence-corrected chi connectivity index (χ2v) is 10.8. The van der Waals surface area contributed by atoms with E-state index in [1.165, 1.54) is 0 Å². The van der Waals surface area contributed by atoms with Gasteiger partial charge in [-0.3, -0.25) is 9.59 Å². The molecule has 0 heterocycles. The molecule has 0 bridgehead atoms. The van der Waals surface area contributed by atoms with Crippen molar-refractivity contribution < 1.29 is 19.1 Å². The highest BCUT2D eigenvalue weighted by molar-refractivity contribution is 5.92. The number of carbonyl (C=O) groups is 3. The van der Waals surface area contributed by atoms with Gasteiger partial charge in [-0.2, -0.15) is 0 Å². The van der Waals surface area contributed by atoms with Gasteiger partial charge < -0.3 is 20.3 Å². The largest absolute Gasteiger partial charge is 0.444 e.